The normalized spacial score (nSPS) is 10.8. The lowest BCUT2D eigenvalue weighted by Crippen LogP contribution is -2.00. The summed E-state index contributed by atoms with van der Waals surface area (Å²) in [4.78, 5) is 9.89. The Labute approximate surface area is 49.9 Å². The Kier molecular flexibility index (Phi) is 3.34. The van der Waals surface area contributed by atoms with Gasteiger partial charge >= 0.3 is 12.2 Å². The molecule has 0 bridgehead atoms. The molecule has 0 aromatic rings. The first-order chi connectivity index (χ1) is 4.20. The van der Waals surface area contributed by atoms with Crippen LogP contribution in [0.1, 0.15) is 0 Å². The molecule has 52 valence electrons. The molecule has 0 N–H and O–H groups in total. The number of rotatable bonds is 1. The second kappa shape index (κ2) is 3.82. The smallest absolute Gasteiger partial charge is 0.437 e. The molecule has 0 aliphatic rings. The molecule has 0 saturated heterocycles. The Morgan fingerprint density at radius 1 is 1.67 bits per heavy atom. The van der Waals surface area contributed by atoms with Gasteiger partial charge in [0.15, 0.2) is 6.33 Å². The fourth-order valence-electron chi connectivity index (χ4n) is 0.144. The van der Waals surface area contributed by atoms with Crippen molar-refractivity contribution in [2.75, 3.05) is 7.11 Å². The standard InChI is InChI=1S/C4H4F2O3/c1-8-4(7)9-3(6)2-5/h2H,1H3/b3-2+. The van der Waals surface area contributed by atoms with E-state index in [0.29, 0.717) is 0 Å². The van der Waals surface area contributed by atoms with Crippen molar-refractivity contribution < 1.29 is 23.0 Å². The molecule has 3 nitrogen and oxygen atoms in total. The third-order valence-corrected chi connectivity index (χ3v) is 0.433. The summed E-state index contributed by atoms with van der Waals surface area (Å²) in [6.07, 6.45) is -1.78. The maximum Gasteiger partial charge on any atom is 0.515 e. The third kappa shape index (κ3) is 3.45. The molecular formula is C4H4F2O3. The number of ether oxygens (including phenoxy) is 2. The summed E-state index contributed by atoms with van der Waals surface area (Å²) in [6.45, 7) is 0. The maximum absolute atomic E-state index is 11.5. The van der Waals surface area contributed by atoms with Crippen LogP contribution in [0.15, 0.2) is 12.3 Å². The van der Waals surface area contributed by atoms with Gasteiger partial charge in [0.25, 0.3) is 0 Å². The second-order valence-corrected chi connectivity index (χ2v) is 0.969. The first-order valence-corrected chi connectivity index (χ1v) is 1.92. The molecule has 0 spiro atoms. The number of carbonyl (C=O) groups excluding carboxylic acids is 1. The van der Waals surface area contributed by atoms with Crippen LogP contribution in [0.25, 0.3) is 0 Å². The monoisotopic (exact) mass is 138 g/mol. The Hall–Kier alpha value is -1.13. The van der Waals surface area contributed by atoms with Crippen LogP contribution in [0.4, 0.5) is 13.6 Å². The first kappa shape index (κ1) is 7.87. The topological polar surface area (TPSA) is 35.5 Å². The van der Waals surface area contributed by atoms with E-state index in [1.807, 2.05) is 0 Å². The predicted molar refractivity (Wildman–Crippen MR) is 23.8 cm³/mol. The molecule has 0 aromatic carbocycles. The summed E-state index contributed by atoms with van der Waals surface area (Å²) in [5.74, 6) is 0. The zero-order valence-electron chi connectivity index (χ0n) is 4.56. The van der Waals surface area contributed by atoms with Gasteiger partial charge in [-0.2, -0.15) is 4.39 Å². The van der Waals surface area contributed by atoms with Gasteiger partial charge in [0, 0.05) is 0 Å². The van der Waals surface area contributed by atoms with Crippen molar-refractivity contribution in [3.05, 3.63) is 12.3 Å². The van der Waals surface area contributed by atoms with Gasteiger partial charge in [0.2, 0.25) is 0 Å². The molecule has 0 aliphatic heterocycles. The van der Waals surface area contributed by atoms with E-state index in [1.54, 1.807) is 0 Å². The summed E-state index contributed by atoms with van der Waals surface area (Å²) in [6, 6.07) is -1.62. The van der Waals surface area contributed by atoms with Crippen molar-refractivity contribution in [1.82, 2.24) is 0 Å². The van der Waals surface area contributed by atoms with E-state index in [1.165, 1.54) is 0 Å². The molecule has 0 amide bonds. The first-order valence-electron chi connectivity index (χ1n) is 1.92. The van der Waals surface area contributed by atoms with E-state index in [9.17, 15) is 13.6 Å². The summed E-state index contributed by atoms with van der Waals surface area (Å²) in [7, 11) is 0.980. The zero-order chi connectivity index (χ0) is 7.28. The molecule has 0 aliphatic carbocycles. The number of hydrogen-bond acceptors (Lipinski definition) is 3. The lowest BCUT2D eigenvalue weighted by Gasteiger charge is -1.94. The van der Waals surface area contributed by atoms with Crippen molar-refractivity contribution in [2.45, 2.75) is 0 Å². The summed E-state index contributed by atoms with van der Waals surface area (Å²) < 4.78 is 29.9. The molecule has 0 heterocycles. The minimum atomic E-state index is -1.62. The van der Waals surface area contributed by atoms with E-state index in [2.05, 4.69) is 9.47 Å². The molecule has 0 atom stereocenters. The molecule has 0 unspecified atom stereocenters. The van der Waals surface area contributed by atoms with E-state index in [0.717, 1.165) is 7.11 Å². The van der Waals surface area contributed by atoms with Gasteiger partial charge in [-0.1, -0.05) is 0 Å². The van der Waals surface area contributed by atoms with E-state index in [4.69, 9.17) is 0 Å². The Balaban J connectivity index is 3.60. The fraction of sp³-hybridized carbons (Fsp3) is 0.250. The summed E-state index contributed by atoms with van der Waals surface area (Å²) >= 11 is 0. The number of carbonyl (C=O) groups is 1. The van der Waals surface area contributed by atoms with Gasteiger partial charge in [-0.25, -0.2) is 9.18 Å². The van der Waals surface area contributed by atoms with Crippen molar-refractivity contribution in [3.63, 3.8) is 0 Å². The molecule has 5 heteroatoms. The highest BCUT2D eigenvalue weighted by molar-refractivity contribution is 5.60. The molecule has 0 aromatic heterocycles. The largest absolute Gasteiger partial charge is 0.515 e. The molecule has 0 saturated carbocycles. The maximum atomic E-state index is 11.5. The Morgan fingerprint density at radius 2 is 2.22 bits per heavy atom. The van der Waals surface area contributed by atoms with Crippen LogP contribution >= 0.6 is 0 Å². The number of halogens is 2. The van der Waals surface area contributed by atoms with Crippen LogP contribution in [0.5, 0.6) is 0 Å². The highest BCUT2D eigenvalue weighted by Gasteiger charge is 2.03. The summed E-state index contributed by atoms with van der Waals surface area (Å²) in [5.41, 5.74) is 0. The van der Waals surface area contributed by atoms with Gasteiger partial charge in [0.05, 0.1) is 7.11 Å². The van der Waals surface area contributed by atoms with Gasteiger partial charge in [-0.3, -0.25) is 0 Å². The third-order valence-electron chi connectivity index (χ3n) is 0.433. The van der Waals surface area contributed by atoms with Crippen LogP contribution in [0.3, 0.4) is 0 Å². The van der Waals surface area contributed by atoms with Crippen molar-refractivity contribution in [1.29, 1.82) is 0 Å². The lowest BCUT2D eigenvalue weighted by molar-refractivity contribution is 0.0774. The minimum absolute atomic E-state index is 0.489. The minimum Gasteiger partial charge on any atom is -0.437 e. The highest BCUT2D eigenvalue weighted by atomic mass is 19.2. The SMILES string of the molecule is COC(=O)O/C(F)=C/F. The van der Waals surface area contributed by atoms with Gasteiger partial charge in [-0.15, -0.1) is 0 Å². The molecule has 0 fully saturated rings. The number of hydrogen-bond donors (Lipinski definition) is 0. The van der Waals surface area contributed by atoms with Crippen LogP contribution < -0.4 is 0 Å². The van der Waals surface area contributed by atoms with Gasteiger partial charge in [0.1, 0.15) is 0 Å². The van der Waals surface area contributed by atoms with E-state index >= 15 is 0 Å². The molecule has 0 rings (SSSR count). The number of methoxy groups -OCH3 is 1. The van der Waals surface area contributed by atoms with Crippen molar-refractivity contribution in [3.8, 4) is 0 Å². The average molecular weight is 138 g/mol. The molecule has 0 radical (unpaired) electrons. The van der Waals surface area contributed by atoms with Crippen LogP contribution in [0, 0.1) is 0 Å². The Morgan fingerprint density at radius 3 is 2.56 bits per heavy atom. The van der Waals surface area contributed by atoms with Gasteiger partial charge < -0.3 is 9.47 Å². The quantitative estimate of drug-likeness (QED) is 0.407. The summed E-state index contributed by atoms with van der Waals surface area (Å²) in [5, 5.41) is 0. The van der Waals surface area contributed by atoms with E-state index < -0.39 is 18.5 Å². The lowest BCUT2D eigenvalue weighted by atomic mass is 11.0. The molecule has 9 heavy (non-hydrogen) atoms. The zero-order valence-corrected chi connectivity index (χ0v) is 4.56. The molecular weight excluding hydrogens is 134 g/mol. The van der Waals surface area contributed by atoms with Crippen LogP contribution in [-0.2, 0) is 9.47 Å². The predicted octanol–water partition coefficient (Wildman–Crippen LogP) is 1.51. The van der Waals surface area contributed by atoms with Crippen molar-refractivity contribution >= 4 is 6.16 Å². The van der Waals surface area contributed by atoms with Crippen LogP contribution in [-0.4, -0.2) is 13.3 Å². The van der Waals surface area contributed by atoms with Crippen molar-refractivity contribution in [2.24, 2.45) is 0 Å². The average Bonchev–Trinajstić information content (AvgIpc) is 1.87. The van der Waals surface area contributed by atoms with E-state index in [-0.39, 0.29) is 0 Å². The highest BCUT2D eigenvalue weighted by Crippen LogP contribution is 1.99. The Bertz CT molecular complexity index is 132. The van der Waals surface area contributed by atoms with Crippen LogP contribution in [0.2, 0.25) is 0 Å². The fourth-order valence-corrected chi connectivity index (χ4v) is 0.144. The second-order valence-electron chi connectivity index (χ2n) is 0.969. The van der Waals surface area contributed by atoms with Gasteiger partial charge in [-0.05, 0) is 0 Å².